The normalized spacial score (nSPS) is 35.7. The van der Waals surface area contributed by atoms with Gasteiger partial charge in [-0.2, -0.15) is 0 Å². The molecule has 0 N–H and O–H groups in total. The van der Waals surface area contributed by atoms with Crippen LogP contribution in [0.5, 0.6) is 0 Å². The van der Waals surface area contributed by atoms with Crippen LogP contribution in [0.15, 0.2) is 30.3 Å². The Balaban J connectivity index is 1.82. The molecule has 1 spiro atoms. The first-order chi connectivity index (χ1) is 8.69. The first kappa shape index (κ1) is 11.7. The van der Waals surface area contributed by atoms with E-state index in [-0.39, 0.29) is 5.97 Å². The van der Waals surface area contributed by atoms with E-state index in [4.69, 9.17) is 9.47 Å². The molecule has 0 aromatic heterocycles. The highest BCUT2D eigenvalue weighted by Crippen LogP contribution is 2.44. The summed E-state index contributed by atoms with van der Waals surface area (Å²) in [6.07, 6.45) is 3.36. The summed E-state index contributed by atoms with van der Waals surface area (Å²) in [5.41, 5.74) is 0.887. The molecule has 1 saturated carbocycles. The fourth-order valence-electron chi connectivity index (χ4n) is 3.01. The van der Waals surface area contributed by atoms with Crippen LogP contribution in [-0.4, -0.2) is 11.8 Å². The summed E-state index contributed by atoms with van der Waals surface area (Å²) in [4.78, 5) is 12.0. The summed E-state index contributed by atoms with van der Waals surface area (Å²) in [5, 5.41) is 0. The molecule has 1 aliphatic heterocycles. The predicted molar refractivity (Wildman–Crippen MR) is 66.7 cm³/mol. The fraction of sp³-hybridized carbons (Fsp3) is 0.533. The second-order valence-electron chi connectivity index (χ2n) is 5.44. The van der Waals surface area contributed by atoms with Gasteiger partial charge in [0.1, 0.15) is 0 Å². The van der Waals surface area contributed by atoms with Crippen LogP contribution in [-0.2, 0) is 14.3 Å². The minimum Gasteiger partial charge on any atom is -0.431 e. The third-order valence-corrected chi connectivity index (χ3v) is 3.85. The maximum absolute atomic E-state index is 12.0. The van der Waals surface area contributed by atoms with Crippen LogP contribution < -0.4 is 0 Å². The van der Waals surface area contributed by atoms with E-state index in [2.05, 4.69) is 6.92 Å². The molecule has 0 radical (unpaired) electrons. The van der Waals surface area contributed by atoms with Gasteiger partial charge in [0.25, 0.3) is 0 Å². The highest BCUT2D eigenvalue weighted by atomic mass is 16.8. The SMILES string of the molecule is C[C@@H]1CCC[C@]2(C1)OC(=O)[C@@H](c1ccccc1)O2. The number of hydrogen-bond acceptors (Lipinski definition) is 3. The molecule has 1 aliphatic carbocycles. The van der Waals surface area contributed by atoms with Crippen LogP contribution in [0, 0.1) is 5.92 Å². The molecule has 0 amide bonds. The van der Waals surface area contributed by atoms with E-state index in [0.29, 0.717) is 5.92 Å². The number of ether oxygens (including phenoxy) is 2. The lowest BCUT2D eigenvalue weighted by molar-refractivity contribution is -0.198. The number of hydrogen-bond donors (Lipinski definition) is 0. The maximum Gasteiger partial charge on any atom is 0.342 e. The molecule has 1 saturated heterocycles. The van der Waals surface area contributed by atoms with Crippen LogP contribution in [0.3, 0.4) is 0 Å². The molecule has 1 aromatic carbocycles. The summed E-state index contributed by atoms with van der Waals surface area (Å²) in [7, 11) is 0. The Labute approximate surface area is 107 Å². The molecule has 1 heterocycles. The molecular formula is C15H18O3. The van der Waals surface area contributed by atoms with Crippen LogP contribution in [0.25, 0.3) is 0 Å². The molecular weight excluding hydrogens is 228 g/mol. The van der Waals surface area contributed by atoms with Gasteiger partial charge in [0.05, 0.1) is 0 Å². The van der Waals surface area contributed by atoms with Gasteiger partial charge in [-0.3, -0.25) is 0 Å². The van der Waals surface area contributed by atoms with Crippen molar-refractivity contribution in [3.8, 4) is 0 Å². The number of esters is 1. The Morgan fingerprint density at radius 1 is 1.28 bits per heavy atom. The van der Waals surface area contributed by atoms with Gasteiger partial charge >= 0.3 is 5.97 Å². The van der Waals surface area contributed by atoms with Gasteiger partial charge in [-0.05, 0) is 17.9 Å². The quantitative estimate of drug-likeness (QED) is 0.714. The first-order valence-electron chi connectivity index (χ1n) is 6.64. The predicted octanol–water partition coefficient (Wildman–Crippen LogP) is 3.21. The van der Waals surface area contributed by atoms with Crippen molar-refractivity contribution >= 4 is 5.97 Å². The van der Waals surface area contributed by atoms with E-state index < -0.39 is 11.9 Å². The van der Waals surface area contributed by atoms with E-state index >= 15 is 0 Å². The van der Waals surface area contributed by atoms with Crippen LogP contribution >= 0.6 is 0 Å². The molecule has 96 valence electrons. The van der Waals surface area contributed by atoms with E-state index in [1.165, 1.54) is 6.42 Å². The van der Waals surface area contributed by atoms with Crippen molar-refractivity contribution in [2.75, 3.05) is 0 Å². The molecule has 3 rings (SSSR count). The number of carbonyl (C=O) groups is 1. The zero-order chi connectivity index (χ0) is 12.6. The van der Waals surface area contributed by atoms with E-state index in [1.54, 1.807) is 0 Å². The minimum absolute atomic E-state index is 0.240. The lowest BCUT2D eigenvalue weighted by Crippen LogP contribution is -2.36. The lowest BCUT2D eigenvalue weighted by atomic mass is 9.86. The second kappa shape index (κ2) is 4.39. The van der Waals surface area contributed by atoms with Crippen molar-refractivity contribution in [3.63, 3.8) is 0 Å². The molecule has 0 unspecified atom stereocenters. The van der Waals surface area contributed by atoms with Crippen molar-refractivity contribution in [3.05, 3.63) is 35.9 Å². The number of carbonyl (C=O) groups excluding carboxylic acids is 1. The average molecular weight is 246 g/mol. The Kier molecular flexibility index (Phi) is 2.86. The molecule has 3 heteroatoms. The molecule has 2 aliphatic rings. The zero-order valence-corrected chi connectivity index (χ0v) is 10.6. The summed E-state index contributed by atoms with van der Waals surface area (Å²) in [6.45, 7) is 2.19. The van der Waals surface area contributed by atoms with Crippen molar-refractivity contribution in [2.24, 2.45) is 5.92 Å². The van der Waals surface area contributed by atoms with Crippen molar-refractivity contribution in [1.82, 2.24) is 0 Å². The summed E-state index contributed by atoms with van der Waals surface area (Å²) >= 11 is 0. The van der Waals surface area contributed by atoms with E-state index in [1.807, 2.05) is 30.3 Å². The van der Waals surface area contributed by atoms with Crippen molar-refractivity contribution in [1.29, 1.82) is 0 Å². The standard InChI is InChI=1S/C15H18O3/c1-11-6-5-9-15(10-11)17-13(14(16)18-15)12-7-3-2-4-8-12/h2-4,7-8,11,13H,5-6,9-10H2,1H3/t11-,13-,15-/m1/s1. The minimum atomic E-state index is -0.657. The highest BCUT2D eigenvalue weighted by Gasteiger charge is 2.50. The van der Waals surface area contributed by atoms with Crippen molar-refractivity contribution < 1.29 is 14.3 Å². The van der Waals surface area contributed by atoms with E-state index in [9.17, 15) is 4.79 Å². The van der Waals surface area contributed by atoms with Gasteiger partial charge in [-0.15, -0.1) is 0 Å². The zero-order valence-electron chi connectivity index (χ0n) is 10.6. The summed E-state index contributed by atoms with van der Waals surface area (Å²) in [6, 6.07) is 9.59. The van der Waals surface area contributed by atoms with E-state index in [0.717, 1.165) is 24.8 Å². The molecule has 3 nitrogen and oxygen atoms in total. The topological polar surface area (TPSA) is 35.5 Å². The molecule has 0 bridgehead atoms. The van der Waals surface area contributed by atoms with Crippen LogP contribution in [0.1, 0.15) is 44.3 Å². The molecule has 18 heavy (non-hydrogen) atoms. The molecule has 1 aromatic rings. The van der Waals surface area contributed by atoms with Gasteiger partial charge in [0, 0.05) is 12.8 Å². The Morgan fingerprint density at radius 2 is 2.06 bits per heavy atom. The maximum atomic E-state index is 12.0. The third kappa shape index (κ3) is 2.03. The van der Waals surface area contributed by atoms with Crippen LogP contribution in [0.4, 0.5) is 0 Å². The van der Waals surface area contributed by atoms with Gasteiger partial charge in [0.15, 0.2) is 6.10 Å². The fourth-order valence-corrected chi connectivity index (χ4v) is 3.01. The first-order valence-corrected chi connectivity index (χ1v) is 6.64. The monoisotopic (exact) mass is 246 g/mol. The van der Waals surface area contributed by atoms with Gasteiger partial charge in [-0.1, -0.05) is 43.7 Å². The van der Waals surface area contributed by atoms with Gasteiger partial charge in [0.2, 0.25) is 5.79 Å². The number of rotatable bonds is 1. The molecule has 3 atom stereocenters. The second-order valence-corrected chi connectivity index (χ2v) is 5.44. The smallest absolute Gasteiger partial charge is 0.342 e. The van der Waals surface area contributed by atoms with Gasteiger partial charge in [-0.25, -0.2) is 4.79 Å². The largest absolute Gasteiger partial charge is 0.431 e. The summed E-state index contributed by atoms with van der Waals surface area (Å²) in [5.74, 6) is -0.341. The average Bonchev–Trinajstić information content (AvgIpc) is 2.67. The Morgan fingerprint density at radius 3 is 2.78 bits per heavy atom. The third-order valence-electron chi connectivity index (χ3n) is 3.85. The lowest BCUT2D eigenvalue weighted by Gasteiger charge is -2.34. The van der Waals surface area contributed by atoms with Crippen molar-refractivity contribution in [2.45, 2.75) is 44.5 Å². The Bertz CT molecular complexity index is 442. The van der Waals surface area contributed by atoms with Crippen LogP contribution in [0.2, 0.25) is 0 Å². The molecule has 2 fully saturated rings. The summed E-state index contributed by atoms with van der Waals surface area (Å²) < 4.78 is 11.6. The Hall–Kier alpha value is -1.35. The van der Waals surface area contributed by atoms with Gasteiger partial charge < -0.3 is 9.47 Å². The highest BCUT2D eigenvalue weighted by molar-refractivity contribution is 5.78. The number of benzene rings is 1.